The predicted octanol–water partition coefficient (Wildman–Crippen LogP) is 9.57. The summed E-state index contributed by atoms with van der Waals surface area (Å²) in [7, 11) is 0. The van der Waals surface area contributed by atoms with Gasteiger partial charge in [0.25, 0.3) is 0 Å². The molecule has 1 aliphatic heterocycles. The van der Waals surface area contributed by atoms with Gasteiger partial charge in [-0.1, -0.05) is 47.6 Å². The number of ether oxygens (including phenoxy) is 2. The van der Waals surface area contributed by atoms with E-state index < -0.39 is 0 Å². The summed E-state index contributed by atoms with van der Waals surface area (Å²) in [4.78, 5) is 9.76. The van der Waals surface area contributed by atoms with Crippen molar-refractivity contribution < 1.29 is 9.47 Å². The van der Waals surface area contributed by atoms with E-state index >= 15 is 0 Å². The van der Waals surface area contributed by atoms with Crippen LogP contribution in [0.2, 0.25) is 0 Å². The molecule has 1 saturated carbocycles. The molecule has 0 saturated heterocycles. The molecule has 3 heterocycles. The standard InChI is InChI=1S/C38H41N3O2/c1-23-17-24(36-40-31-9-8-10-34(31)43-36)19-28(18-23)42-27-12-13-29-30-20-25(37(2,3)4)11-14-32(30)41(33(29)22-27)35-21-26(15-16-39-35)38(5,6)7/h11-22,31,34H,8-10H2,1-7H3/t31-,34+/m1/s1. The second-order valence-electron chi connectivity index (χ2n) is 14.4. The number of rotatable bonds is 4. The minimum atomic E-state index is 0.0129. The Kier molecular flexibility index (Phi) is 6.42. The molecule has 220 valence electrons. The van der Waals surface area contributed by atoms with E-state index in [9.17, 15) is 0 Å². The number of hydrogen-bond donors (Lipinski definition) is 0. The van der Waals surface area contributed by atoms with Gasteiger partial charge in [-0.2, -0.15) is 0 Å². The maximum atomic E-state index is 6.56. The lowest BCUT2D eigenvalue weighted by molar-refractivity contribution is 0.211. The van der Waals surface area contributed by atoms with Gasteiger partial charge in [0, 0.05) is 28.6 Å². The zero-order chi connectivity index (χ0) is 30.1. The molecule has 5 aromatic rings. The molecular formula is C38H41N3O2. The first kappa shape index (κ1) is 27.7. The molecule has 2 aliphatic rings. The fourth-order valence-corrected chi connectivity index (χ4v) is 6.51. The van der Waals surface area contributed by atoms with E-state index in [1.807, 2.05) is 6.20 Å². The van der Waals surface area contributed by atoms with Crippen molar-refractivity contribution in [2.45, 2.75) is 90.7 Å². The molecule has 0 N–H and O–H groups in total. The van der Waals surface area contributed by atoms with E-state index in [1.165, 1.54) is 28.3 Å². The topological polar surface area (TPSA) is 48.6 Å². The molecule has 0 amide bonds. The van der Waals surface area contributed by atoms with Gasteiger partial charge in [0.2, 0.25) is 5.90 Å². The highest BCUT2D eigenvalue weighted by atomic mass is 16.5. The Labute approximate surface area is 254 Å². The molecule has 0 radical (unpaired) electrons. The highest BCUT2D eigenvalue weighted by Gasteiger charge is 2.35. The third-order valence-electron chi connectivity index (χ3n) is 8.94. The molecule has 1 aliphatic carbocycles. The highest BCUT2D eigenvalue weighted by Crippen LogP contribution is 2.38. The van der Waals surface area contributed by atoms with Crippen molar-refractivity contribution >= 4 is 27.7 Å². The largest absolute Gasteiger partial charge is 0.472 e. The summed E-state index contributed by atoms with van der Waals surface area (Å²) in [6, 6.07) is 24.1. The normalized spacial score (nSPS) is 18.6. The van der Waals surface area contributed by atoms with Crippen molar-refractivity contribution in [2.75, 3.05) is 0 Å². The van der Waals surface area contributed by atoms with Crippen molar-refractivity contribution in [2.24, 2.45) is 4.99 Å². The Morgan fingerprint density at radius 1 is 0.767 bits per heavy atom. The van der Waals surface area contributed by atoms with Crippen LogP contribution < -0.4 is 4.74 Å². The number of fused-ring (bicyclic) bond motifs is 4. The van der Waals surface area contributed by atoms with Crippen LogP contribution in [0.1, 0.15) is 83.1 Å². The van der Waals surface area contributed by atoms with Crippen LogP contribution in [0, 0.1) is 6.92 Å². The second-order valence-corrected chi connectivity index (χ2v) is 14.4. The van der Waals surface area contributed by atoms with Gasteiger partial charge < -0.3 is 9.47 Å². The third kappa shape index (κ3) is 5.09. The van der Waals surface area contributed by atoms with Crippen LogP contribution >= 0.6 is 0 Å². The van der Waals surface area contributed by atoms with Gasteiger partial charge in [-0.05, 0) is 108 Å². The summed E-state index contributed by atoms with van der Waals surface area (Å²) in [6.45, 7) is 15.6. The lowest BCUT2D eigenvalue weighted by Crippen LogP contribution is -2.15. The minimum absolute atomic E-state index is 0.0129. The van der Waals surface area contributed by atoms with Crippen LogP contribution in [0.15, 0.2) is 77.9 Å². The molecular weight excluding hydrogens is 530 g/mol. The Hall–Kier alpha value is -4.12. The molecule has 5 heteroatoms. The quantitative estimate of drug-likeness (QED) is 0.216. The van der Waals surface area contributed by atoms with Crippen molar-refractivity contribution in [1.82, 2.24) is 9.55 Å². The smallest absolute Gasteiger partial charge is 0.216 e. The molecule has 5 nitrogen and oxygen atoms in total. The van der Waals surface area contributed by atoms with Gasteiger partial charge in [-0.3, -0.25) is 4.57 Å². The summed E-state index contributed by atoms with van der Waals surface area (Å²) in [6.07, 6.45) is 5.55. The minimum Gasteiger partial charge on any atom is -0.472 e. The van der Waals surface area contributed by atoms with E-state index in [-0.39, 0.29) is 16.9 Å². The molecule has 0 unspecified atom stereocenters. The number of nitrogens with zero attached hydrogens (tertiary/aromatic N) is 3. The molecule has 0 spiro atoms. The van der Waals surface area contributed by atoms with Crippen molar-refractivity contribution in [3.05, 3.63) is 95.2 Å². The maximum absolute atomic E-state index is 6.56. The lowest BCUT2D eigenvalue weighted by Gasteiger charge is -2.20. The first-order valence-corrected chi connectivity index (χ1v) is 15.5. The van der Waals surface area contributed by atoms with Crippen molar-refractivity contribution in [1.29, 1.82) is 0 Å². The third-order valence-corrected chi connectivity index (χ3v) is 8.94. The van der Waals surface area contributed by atoms with Crippen LogP contribution in [0.5, 0.6) is 11.5 Å². The Morgan fingerprint density at radius 3 is 2.33 bits per heavy atom. The first-order chi connectivity index (χ1) is 20.4. The Morgan fingerprint density at radius 2 is 1.56 bits per heavy atom. The number of aliphatic imine (C=N–C) groups is 1. The molecule has 7 rings (SSSR count). The van der Waals surface area contributed by atoms with E-state index in [1.54, 1.807) is 0 Å². The summed E-state index contributed by atoms with van der Waals surface area (Å²) in [5, 5.41) is 2.40. The molecule has 0 bridgehead atoms. The number of benzene rings is 3. The lowest BCUT2D eigenvalue weighted by atomic mass is 9.86. The summed E-state index contributed by atoms with van der Waals surface area (Å²) in [5.74, 6) is 3.22. The van der Waals surface area contributed by atoms with Gasteiger partial charge in [0.15, 0.2) is 0 Å². The van der Waals surface area contributed by atoms with Gasteiger partial charge in [-0.25, -0.2) is 9.98 Å². The fraction of sp³-hybridized carbons (Fsp3) is 0.368. The first-order valence-electron chi connectivity index (χ1n) is 15.5. The number of aryl methyl sites for hydroxylation is 1. The maximum Gasteiger partial charge on any atom is 0.216 e. The summed E-state index contributed by atoms with van der Waals surface area (Å²) >= 11 is 0. The van der Waals surface area contributed by atoms with Crippen LogP contribution in [0.4, 0.5) is 0 Å². The van der Waals surface area contributed by atoms with Crippen molar-refractivity contribution in [3.8, 4) is 17.3 Å². The molecule has 43 heavy (non-hydrogen) atoms. The predicted molar refractivity (Wildman–Crippen MR) is 176 cm³/mol. The average Bonchev–Trinajstić information content (AvgIpc) is 3.64. The number of hydrogen-bond acceptors (Lipinski definition) is 4. The van der Waals surface area contributed by atoms with Gasteiger partial charge >= 0.3 is 0 Å². The fourth-order valence-electron chi connectivity index (χ4n) is 6.51. The number of pyridine rings is 1. The summed E-state index contributed by atoms with van der Waals surface area (Å²) in [5.41, 5.74) is 6.93. The molecule has 2 aromatic heterocycles. The zero-order valence-electron chi connectivity index (χ0n) is 26.4. The Balaban J connectivity index is 1.34. The van der Waals surface area contributed by atoms with E-state index in [2.05, 4.69) is 120 Å². The van der Waals surface area contributed by atoms with E-state index in [4.69, 9.17) is 19.5 Å². The van der Waals surface area contributed by atoms with Crippen LogP contribution in [0.3, 0.4) is 0 Å². The number of aromatic nitrogens is 2. The van der Waals surface area contributed by atoms with Crippen LogP contribution in [0.25, 0.3) is 27.6 Å². The SMILES string of the molecule is Cc1cc(Oc2ccc3c4cc(C(C)(C)C)ccc4n(-c4cc(C(C)(C)C)ccn4)c3c2)cc(C2=N[C@@H]3CCC[C@@H]3O2)c1. The molecule has 2 atom stereocenters. The zero-order valence-corrected chi connectivity index (χ0v) is 26.4. The summed E-state index contributed by atoms with van der Waals surface area (Å²) < 4.78 is 15.1. The molecule has 1 fully saturated rings. The van der Waals surface area contributed by atoms with E-state index in [0.717, 1.165) is 58.2 Å². The van der Waals surface area contributed by atoms with Gasteiger partial charge in [0.1, 0.15) is 23.4 Å². The second kappa shape index (κ2) is 9.97. The van der Waals surface area contributed by atoms with Crippen molar-refractivity contribution in [3.63, 3.8) is 0 Å². The van der Waals surface area contributed by atoms with Crippen LogP contribution in [-0.2, 0) is 15.6 Å². The monoisotopic (exact) mass is 571 g/mol. The van der Waals surface area contributed by atoms with E-state index in [0.29, 0.717) is 6.04 Å². The average molecular weight is 572 g/mol. The van der Waals surface area contributed by atoms with Crippen LogP contribution in [-0.4, -0.2) is 27.6 Å². The van der Waals surface area contributed by atoms with Gasteiger partial charge in [-0.15, -0.1) is 0 Å². The highest BCUT2D eigenvalue weighted by molar-refractivity contribution is 6.09. The molecule has 3 aromatic carbocycles. The Bertz CT molecular complexity index is 1900. The van der Waals surface area contributed by atoms with Gasteiger partial charge in [0.05, 0.1) is 17.1 Å².